The average molecular weight is 168 g/mol. The SMILES string of the molecule is CCCCC=C(C)C(C)CCC. The number of unbranched alkanes of at least 4 members (excludes halogenated alkanes) is 2. The molecule has 0 spiro atoms. The van der Waals surface area contributed by atoms with E-state index in [1.165, 1.54) is 32.1 Å². The van der Waals surface area contributed by atoms with Gasteiger partial charge >= 0.3 is 0 Å². The van der Waals surface area contributed by atoms with E-state index in [2.05, 4.69) is 33.8 Å². The van der Waals surface area contributed by atoms with Crippen LogP contribution in [0.15, 0.2) is 11.6 Å². The van der Waals surface area contributed by atoms with Gasteiger partial charge in [-0.05, 0) is 25.7 Å². The van der Waals surface area contributed by atoms with Crippen molar-refractivity contribution in [1.82, 2.24) is 0 Å². The van der Waals surface area contributed by atoms with Crippen LogP contribution in [0.1, 0.15) is 59.8 Å². The fourth-order valence-corrected chi connectivity index (χ4v) is 1.40. The molecule has 0 heteroatoms. The molecule has 0 aliphatic heterocycles. The van der Waals surface area contributed by atoms with E-state index in [1.54, 1.807) is 5.57 Å². The van der Waals surface area contributed by atoms with E-state index in [1.807, 2.05) is 0 Å². The Morgan fingerprint density at radius 1 is 1.25 bits per heavy atom. The van der Waals surface area contributed by atoms with Crippen LogP contribution in [0.4, 0.5) is 0 Å². The molecule has 0 saturated heterocycles. The van der Waals surface area contributed by atoms with Crippen LogP contribution < -0.4 is 0 Å². The first-order valence-electron chi connectivity index (χ1n) is 5.39. The minimum Gasteiger partial charge on any atom is -0.0853 e. The summed E-state index contributed by atoms with van der Waals surface area (Å²) in [6.07, 6.45) is 9.00. The predicted molar refractivity (Wildman–Crippen MR) is 57.4 cm³/mol. The normalized spacial score (nSPS) is 14.8. The Morgan fingerprint density at radius 2 is 1.92 bits per heavy atom. The maximum atomic E-state index is 2.42. The highest BCUT2D eigenvalue weighted by atomic mass is 14.1. The van der Waals surface area contributed by atoms with Crippen LogP contribution >= 0.6 is 0 Å². The van der Waals surface area contributed by atoms with Crippen molar-refractivity contribution in [2.75, 3.05) is 0 Å². The van der Waals surface area contributed by atoms with Gasteiger partial charge in [0.05, 0.1) is 0 Å². The van der Waals surface area contributed by atoms with E-state index in [9.17, 15) is 0 Å². The molecular formula is C12H24. The Bertz CT molecular complexity index is 122. The summed E-state index contributed by atoms with van der Waals surface area (Å²) in [5, 5.41) is 0. The smallest absolute Gasteiger partial charge is 0.0235 e. The maximum absolute atomic E-state index is 2.42. The quantitative estimate of drug-likeness (QED) is 0.403. The van der Waals surface area contributed by atoms with Gasteiger partial charge in [0.25, 0.3) is 0 Å². The third-order valence-electron chi connectivity index (χ3n) is 2.52. The molecule has 0 aromatic carbocycles. The van der Waals surface area contributed by atoms with E-state index in [4.69, 9.17) is 0 Å². The van der Waals surface area contributed by atoms with E-state index in [-0.39, 0.29) is 0 Å². The largest absolute Gasteiger partial charge is 0.0853 e. The van der Waals surface area contributed by atoms with Gasteiger partial charge in [-0.1, -0.05) is 51.7 Å². The van der Waals surface area contributed by atoms with E-state index in [0.29, 0.717) is 0 Å². The zero-order chi connectivity index (χ0) is 9.40. The Kier molecular flexibility index (Phi) is 7.23. The Labute approximate surface area is 78.1 Å². The summed E-state index contributed by atoms with van der Waals surface area (Å²) in [4.78, 5) is 0. The van der Waals surface area contributed by atoms with Crippen molar-refractivity contribution in [1.29, 1.82) is 0 Å². The van der Waals surface area contributed by atoms with Gasteiger partial charge in [0.15, 0.2) is 0 Å². The van der Waals surface area contributed by atoms with E-state index < -0.39 is 0 Å². The topological polar surface area (TPSA) is 0 Å². The van der Waals surface area contributed by atoms with Crippen LogP contribution in [0.25, 0.3) is 0 Å². The highest BCUT2D eigenvalue weighted by Gasteiger charge is 2.00. The van der Waals surface area contributed by atoms with Crippen molar-refractivity contribution in [2.24, 2.45) is 5.92 Å². The predicted octanol–water partition coefficient (Wildman–Crippen LogP) is 4.56. The van der Waals surface area contributed by atoms with Gasteiger partial charge < -0.3 is 0 Å². The zero-order valence-corrected chi connectivity index (χ0v) is 9.19. The summed E-state index contributed by atoms with van der Waals surface area (Å²) >= 11 is 0. The highest BCUT2D eigenvalue weighted by molar-refractivity contribution is 5.01. The number of allylic oxidation sites excluding steroid dienone is 2. The molecule has 1 atom stereocenters. The fourth-order valence-electron chi connectivity index (χ4n) is 1.40. The summed E-state index contributed by atoms with van der Waals surface area (Å²) in [6, 6.07) is 0. The number of rotatable bonds is 6. The molecule has 0 aliphatic carbocycles. The molecule has 0 fully saturated rings. The van der Waals surface area contributed by atoms with Crippen molar-refractivity contribution in [2.45, 2.75) is 59.8 Å². The third kappa shape index (κ3) is 5.40. The minimum absolute atomic E-state index is 0.798. The fraction of sp³-hybridized carbons (Fsp3) is 0.833. The first kappa shape index (κ1) is 11.7. The summed E-state index contributed by atoms with van der Waals surface area (Å²) in [6.45, 7) is 9.12. The molecule has 12 heavy (non-hydrogen) atoms. The van der Waals surface area contributed by atoms with Crippen molar-refractivity contribution in [3.63, 3.8) is 0 Å². The Morgan fingerprint density at radius 3 is 2.42 bits per heavy atom. The van der Waals surface area contributed by atoms with Gasteiger partial charge in [-0.15, -0.1) is 0 Å². The maximum Gasteiger partial charge on any atom is -0.0235 e. The van der Waals surface area contributed by atoms with Gasteiger partial charge in [-0.2, -0.15) is 0 Å². The van der Waals surface area contributed by atoms with Crippen LogP contribution in [0, 0.1) is 5.92 Å². The molecule has 0 rings (SSSR count). The second kappa shape index (κ2) is 7.39. The monoisotopic (exact) mass is 168 g/mol. The molecule has 1 unspecified atom stereocenters. The van der Waals surface area contributed by atoms with E-state index >= 15 is 0 Å². The molecule has 0 radical (unpaired) electrons. The van der Waals surface area contributed by atoms with Crippen molar-refractivity contribution >= 4 is 0 Å². The van der Waals surface area contributed by atoms with Crippen LogP contribution in [-0.2, 0) is 0 Å². The number of hydrogen-bond donors (Lipinski definition) is 0. The second-order valence-corrected chi connectivity index (χ2v) is 3.78. The van der Waals surface area contributed by atoms with Gasteiger partial charge in [-0.25, -0.2) is 0 Å². The van der Waals surface area contributed by atoms with Crippen LogP contribution in [0.3, 0.4) is 0 Å². The molecule has 0 saturated carbocycles. The lowest BCUT2D eigenvalue weighted by Crippen LogP contribution is -1.95. The van der Waals surface area contributed by atoms with Crippen molar-refractivity contribution in [3.05, 3.63) is 11.6 Å². The van der Waals surface area contributed by atoms with Gasteiger partial charge in [0, 0.05) is 0 Å². The summed E-state index contributed by atoms with van der Waals surface area (Å²) in [5.41, 5.74) is 1.59. The van der Waals surface area contributed by atoms with Crippen LogP contribution in [-0.4, -0.2) is 0 Å². The molecule has 72 valence electrons. The first-order valence-corrected chi connectivity index (χ1v) is 5.39. The molecule has 0 nitrogen and oxygen atoms in total. The van der Waals surface area contributed by atoms with Gasteiger partial charge in [0.1, 0.15) is 0 Å². The lowest BCUT2D eigenvalue weighted by Gasteiger charge is -2.10. The lowest BCUT2D eigenvalue weighted by molar-refractivity contribution is 0.597. The molecule has 0 N–H and O–H groups in total. The van der Waals surface area contributed by atoms with E-state index in [0.717, 1.165) is 5.92 Å². The van der Waals surface area contributed by atoms with Gasteiger partial charge in [0.2, 0.25) is 0 Å². The molecule has 0 aliphatic rings. The van der Waals surface area contributed by atoms with Crippen LogP contribution in [0.5, 0.6) is 0 Å². The summed E-state index contributed by atoms with van der Waals surface area (Å²) in [5.74, 6) is 0.798. The molecular weight excluding hydrogens is 144 g/mol. The number of hydrogen-bond acceptors (Lipinski definition) is 0. The van der Waals surface area contributed by atoms with Crippen LogP contribution in [0.2, 0.25) is 0 Å². The standard InChI is InChI=1S/C12H24/c1-5-7-8-10-12(4)11(3)9-6-2/h10-11H,5-9H2,1-4H3. The molecule has 0 amide bonds. The average Bonchev–Trinajstić information content (AvgIpc) is 2.05. The first-order chi connectivity index (χ1) is 5.72. The van der Waals surface area contributed by atoms with Crippen molar-refractivity contribution < 1.29 is 0 Å². The Hall–Kier alpha value is -0.260. The highest BCUT2D eigenvalue weighted by Crippen LogP contribution is 2.16. The minimum atomic E-state index is 0.798. The second-order valence-electron chi connectivity index (χ2n) is 3.78. The Balaban J connectivity index is 3.65. The lowest BCUT2D eigenvalue weighted by atomic mass is 9.96. The third-order valence-corrected chi connectivity index (χ3v) is 2.52. The molecule has 0 heterocycles. The zero-order valence-electron chi connectivity index (χ0n) is 9.19. The van der Waals surface area contributed by atoms with Gasteiger partial charge in [-0.3, -0.25) is 0 Å². The molecule has 0 aromatic rings. The summed E-state index contributed by atoms with van der Waals surface area (Å²) in [7, 11) is 0. The van der Waals surface area contributed by atoms with Crippen molar-refractivity contribution in [3.8, 4) is 0 Å². The molecule has 0 aromatic heterocycles. The molecule has 0 bridgehead atoms. The summed E-state index contributed by atoms with van der Waals surface area (Å²) < 4.78 is 0.